The third kappa shape index (κ3) is 5.80. The van der Waals surface area contributed by atoms with E-state index >= 15 is 0 Å². The summed E-state index contributed by atoms with van der Waals surface area (Å²) in [6, 6.07) is 85.2. The Kier molecular flexibility index (Phi) is 8.36. The third-order valence-electron chi connectivity index (χ3n) is 14.9. The van der Waals surface area contributed by atoms with E-state index in [1.54, 1.807) is 0 Å². The van der Waals surface area contributed by atoms with Crippen LogP contribution in [-0.4, -0.2) is 9.55 Å². The fourth-order valence-corrected chi connectivity index (χ4v) is 11.6. The summed E-state index contributed by atoms with van der Waals surface area (Å²) in [5.41, 5.74) is 17.8. The quantitative estimate of drug-likeness (QED) is 0.158. The summed E-state index contributed by atoms with van der Waals surface area (Å²) in [7, 11) is 0. The number of nitrogens with zero attached hydrogens (tertiary/aromatic N) is 2. The summed E-state index contributed by atoms with van der Waals surface area (Å²) in [5.74, 6) is 0. The lowest BCUT2D eigenvalue weighted by Crippen LogP contribution is -2.14. The van der Waals surface area contributed by atoms with Crippen LogP contribution in [0.3, 0.4) is 0 Å². The average Bonchev–Trinajstić information content (AvgIpc) is 3.84. The second-order valence-corrected chi connectivity index (χ2v) is 19.1. The predicted octanol–water partition coefficient (Wildman–Crippen LogP) is 17.8. The second kappa shape index (κ2) is 14.7. The molecule has 0 amide bonds. The number of fused-ring (bicyclic) bond motifs is 13. The molecule has 11 aromatic carbocycles. The zero-order chi connectivity index (χ0) is 45.1. The van der Waals surface area contributed by atoms with Gasteiger partial charge < -0.3 is 4.57 Å². The van der Waals surface area contributed by atoms with Gasteiger partial charge in [0.1, 0.15) is 0 Å². The Bertz CT molecular complexity index is 4150. The van der Waals surface area contributed by atoms with Crippen molar-refractivity contribution in [2.75, 3.05) is 0 Å². The Morgan fingerprint density at radius 3 is 1.60 bits per heavy atom. The van der Waals surface area contributed by atoms with Crippen molar-refractivity contribution in [2.24, 2.45) is 0 Å². The number of benzene rings is 11. The minimum absolute atomic E-state index is 0.0697. The van der Waals surface area contributed by atoms with Crippen LogP contribution in [-0.2, 0) is 5.41 Å². The van der Waals surface area contributed by atoms with E-state index in [4.69, 9.17) is 4.98 Å². The molecule has 0 spiro atoms. The van der Waals surface area contributed by atoms with Gasteiger partial charge in [0.05, 0.1) is 28.1 Å². The lowest BCUT2D eigenvalue weighted by atomic mass is 9.81. The predicted molar refractivity (Wildman–Crippen MR) is 288 cm³/mol. The highest BCUT2D eigenvalue weighted by Gasteiger charge is 2.35. The van der Waals surface area contributed by atoms with E-state index in [9.17, 15) is 0 Å². The Hall–Kier alpha value is -8.59. The van der Waals surface area contributed by atoms with Crippen molar-refractivity contribution in [1.29, 1.82) is 0 Å². The van der Waals surface area contributed by atoms with Gasteiger partial charge in [0, 0.05) is 27.3 Å². The van der Waals surface area contributed by atoms with Crippen LogP contribution >= 0.6 is 0 Å². The molecule has 0 N–H and O–H groups in total. The molecule has 318 valence electrons. The van der Waals surface area contributed by atoms with Gasteiger partial charge in [-0.2, -0.15) is 0 Å². The molecule has 14 rings (SSSR count). The van der Waals surface area contributed by atoms with Crippen molar-refractivity contribution in [3.05, 3.63) is 242 Å². The van der Waals surface area contributed by atoms with Gasteiger partial charge in [-0.3, -0.25) is 0 Å². The molecule has 2 heteroatoms. The first-order valence-corrected chi connectivity index (χ1v) is 23.7. The summed E-state index contributed by atoms with van der Waals surface area (Å²) in [4.78, 5) is 5.31. The molecule has 0 fully saturated rings. The van der Waals surface area contributed by atoms with Crippen LogP contribution < -0.4 is 0 Å². The van der Waals surface area contributed by atoms with E-state index in [0.29, 0.717) is 0 Å². The van der Waals surface area contributed by atoms with Gasteiger partial charge in [-0.05, 0) is 136 Å². The molecule has 0 aliphatic heterocycles. The van der Waals surface area contributed by atoms with Gasteiger partial charge in [0.2, 0.25) is 0 Å². The molecule has 68 heavy (non-hydrogen) atoms. The van der Waals surface area contributed by atoms with E-state index in [0.717, 1.165) is 39.2 Å². The van der Waals surface area contributed by atoms with Crippen LogP contribution in [0.25, 0.3) is 126 Å². The van der Waals surface area contributed by atoms with E-state index in [-0.39, 0.29) is 5.41 Å². The molecule has 2 nitrogen and oxygen atoms in total. The van der Waals surface area contributed by atoms with E-state index in [1.165, 1.54) is 98.4 Å². The minimum atomic E-state index is -0.0697. The number of hydrogen-bond donors (Lipinski definition) is 0. The average molecular weight is 865 g/mol. The lowest BCUT2D eigenvalue weighted by molar-refractivity contribution is 0.660. The van der Waals surface area contributed by atoms with E-state index in [2.05, 4.69) is 249 Å². The molecule has 0 saturated carbocycles. The topological polar surface area (TPSA) is 17.8 Å². The maximum absolute atomic E-state index is 5.31. The van der Waals surface area contributed by atoms with E-state index in [1.807, 2.05) is 0 Å². The highest BCUT2D eigenvalue weighted by Crippen LogP contribution is 2.50. The SMILES string of the molecule is CC1(C)c2ccccc2-c2ccc(-c3ccc4c(c3)c3ccccc3c3cc5c6cc(-c7cccc8ccccc78)ccc6n(-c6cc(-c7ccccc7)nc(-c7ccccc7)c6)c5cc43)cc21. The van der Waals surface area contributed by atoms with Crippen molar-refractivity contribution in [3.8, 4) is 61.6 Å². The van der Waals surface area contributed by atoms with Crippen molar-refractivity contribution in [2.45, 2.75) is 19.3 Å². The van der Waals surface area contributed by atoms with Crippen LogP contribution in [0.15, 0.2) is 231 Å². The maximum Gasteiger partial charge on any atom is 0.0730 e. The fourth-order valence-electron chi connectivity index (χ4n) is 11.6. The van der Waals surface area contributed by atoms with Gasteiger partial charge >= 0.3 is 0 Å². The summed E-state index contributed by atoms with van der Waals surface area (Å²) < 4.78 is 2.48. The molecular weight excluding hydrogens is 821 g/mol. The molecule has 0 radical (unpaired) electrons. The minimum Gasteiger partial charge on any atom is -0.309 e. The molecule has 13 aromatic rings. The monoisotopic (exact) mass is 864 g/mol. The molecule has 0 bridgehead atoms. The molecule has 0 atom stereocenters. The standard InChI is InChI=1S/C66H44N2/c1-66(2)60-27-14-13-25-53(60)54-32-29-45(36-61(54)66)44-28-31-52-55(34-44)50-23-11-12-24-51(50)56-39-59-58-35-46(49-26-15-21-41-16-9-10-22-48(41)49)30-33-64(58)68(65(59)40-57(52)56)47-37-62(42-17-5-3-6-18-42)67-63(38-47)43-19-7-4-8-20-43/h3-40H,1-2H3. The van der Waals surface area contributed by atoms with Crippen LogP contribution in [0.2, 0.25) is 0 Å². The van der Waals surface area contributed by atoms with Crippen molar-refractivity contribution >= 4 is 64.9 Å². The zero-order valence-corrected chi connectivity index (χ0v) is 37.8. The fraction of sp³-hybridized carbons (Fsp3) is 0.0455. The Labute approximate surface area is 395 Å². The van der Waals surface area contributed by atoms with Crippen molar-refractivity contribution in [1.82, 2.24) is 9.55 Å². The van der Waals surface area contributed by atoms with Gasteiger partial charge in [0.15, 0.2) is 0 Å². The maximum atomic E-state index is 5.31. The largest absolute Gasteiger partial charge is 0.309 e. The van der Waals surface area contributed by atoms with Gasteiger partial charge in [-0.25, -0.2) is 4.98 Å². The van der Waals surface area contributed by atoms with Crippen molar-refractivity contribution in [3.63, 3.8) is 0 Å². The number of pyridine rings is 1. The highest BCUT2D eigenvalue weighted by molar-refractivity contribution is 6.29. The zero-order valence-electron chi connectivity index (χ0n) is 37.8. The molecular formula is C66H44N2. The van der Waals surface area contributed by atoms with Gasteiger partial charge in [-0.15, -0.1) is 0 Å². The van der Waals surface area contributed by atoms with Crippen LogP contribution in [0.1, 0.15) is 25.0 Å². The second-order valence-electron chi connectivity index (χ2n) is 19.1. The van der Waals surface area contributed by atoms with E-state index < -0.39 is 0 Å². The molecule has 0 saturated heterocycles. The molecule has 2 heterocycles. The number of rotatable bonds is 5. The normalized spacial score (nSPS) is 13.0. The number of aromatic nitrogens is 2. The third-order valence-corrected chi connectivity index (χ3v) is 14.9. The summed E-state index contributed by atoms with van der Waals surface area (Å²) >= 11 is 0. The smallest absolute Gasteiger partial charge is 0.0730 e. The lowest BCUT2D eigenvalue weighted by Gasteiger charge is -2.22. The first-order valence-electron chi connectivity index (χ1n) is 23.7. The summed E-state index contributed by atoms with van der Waals surface area (Å²) in [6.45, 7) is 4.73. The first-order chi connectivity index (χ1) is 33.5. The first kappa shape index (κ1) is 38.7. The Morgan fingerprint density at radius 1 is 0.309 bits per heavy atom. The van der Waals surface area contributed by atoms with Crippen LogP contribution in [0, 0.1) is 0 Å². The van der Waals surface area contributed by atoms with Gasteiger partial charge in [-0.1, -0.05) is 196 Å². The Morgan fingerprint density at radius 2 is 0.838 bits per heavy atom. The molecule has 0 unspecified atom stereocenters. The summed E-state index contributed by atoms with van der Waals surface area (Å²) in [5, 5.41) is 12.4. The number of hydrogen-bond acceptors (Lipinski definition) is 1. The van der Waals surface area contributed by atoms with Crippen LogP contribution in [0.4, 0.5) is 0 Å². The molecule has 1 aliphatic rings. The highest BCUT2D eigenvalue weighted by atomic mass is 15.0. The van der Waals surface area contributed by atoms with Gasteiger partial charge in [0.25, 0.3) is 0 Å². The van der Waals surface area contributed by atoms with Crippen LogP contribution in [0.5, 0.6) is 0 Å². The molecule has 1 aliphatic carbocycles. The Balaban J connectivity index is 1.05. The molecule has 2 aromatic heterocycles. The van der Waals surface area contributed by atoms with Crippen molar-refractivity contribution < 1.29 is 0 Å². The summed E-state index contributed by atoms with van der Waals surface area (Å²) in [6.07, 6.45) is 0.